The van der Waals surface area contributed by atoms with Gasteiger partial charge in [0.1, 0.15) is 11.4 Å². The number of halogens is 2. The fourth-order valence-electron chi connectivity index (χ4n) is 1.55. The quantitative estimate of drug-likeness (QED) is 0.872. The zero-order chi connectivity index (χ0) is 14.7. The fourth-order valence-corrected chi connectivity index (χ4v) is 2.59. The van der Waals surface area contributed by atoms with Crippen LogP contribution in [-0.4, -0.2) is 21.0 Å². The van der Waals surface area contributed by atoms with Crippen molar-refractivity contribution >= 4 is 29.3 Å². The highest BCUT2D eigenvalue weighted by atomic mass is 35.5. The van der Waals surface area contributed by atoms with Crippen molar-refractivity contribution in [3.63, 3.8) is 0 Å². The molecule has 104 valence electrons. The van der Waals surface area contributed by atoms with Gasteiger partial charge in [-0.2, -0.15) is 0 Å². The number of aromatic nitrogens is 2. The Morgan fingerprint density at radius 1 is 1.45 bits per heavy atom. The van der Waals surface area contributed by atoms with Gasteiger partial charge in [0.2, 0.25) is 0 Å². The topological polar surface area (TPSA) is 63.1 Å². The number of hydrogen-bond acceptors (Lipinski definition) is 4. The molecule has 0 saturated heterocycles. The lowest BCUT2D eigenvalue weighted by atomic mass is 10.2. The van der Waals surface area contributed by atoms with Gasteiger partial charge in [0.15, 0.2) is 5.82 Å². The summed E-state index contributed by atoms with van der Waals surface area (Å²) >= 11 is 6.82. The first-order chi connectivity index (χ1) is 9.52. The molecular formula is C13H10ClFN2O2S. The second-order valence-corrected chi connectivity index (χ2v) is 5.31. The number of carboxylic acids is 1. The maximum atomic E-state index is 14.0. The Hall–Kier alpha value is -1.66. The summed E-state index contributed by atoms with van der Waals surface area (Å²) in [6, 6.07) is 4.47. The Morgan fingerprint density at radius 2 is 2.20 bits per heavy atom. The minimum absolute atomic E-state index is 0.0261. The van der Waals surface area contributed by atoms with Crippen molar-refractivity contribution in [2.45, 2.75) is 23.3 Å². The van der Waals surface area contributed by atoms with Gasteiger partial charge >= 0.3 is 5.97 Å². The lowest BCUT2D eigenvalue weighted by molar-refractivity contribution is 0.0697. The van der Waals surface area contributed by atoms with Crippen LogP contribution >= 0.6 is 23.4 Å². The van der Waals surface area contributed by atoms with E-state index >= 15 is 0 Å². The van der Waals surface area contributed by atoms with E-state index in [-0.39, 0.29) is 15.6 Å². The summed E-state index contributed by atoms with van der Waals surface area (Å²) in [5.74, 6) is -1.61. The molecule has 7 heteroatoms. The Bertz CT molecular complexity index is 667. The van der Waals surface area contributed by atoms with Crippen LogP contribution in [-0.2, 0) is 6.42 Å². The predicted molar refractivity (Wildman–Crippen MR) is 73.9 cm³/mol. The summed E-state index contributed by atoms with van der Waals surface area (Å²) in [5, 5.41) is 9.30. The van der Waals surface area contributed by atoms with Crippen LogP contribution in [0.4, 0.5) is 4.39 Å². The van der Waals surface area contributed by atoms with Crippen molar-refractivity contribution < 1.29 is 14.3 Å². The van der Waals surface area contributed by atoms with E-state index in [0.717, 1.165) is 11.8 Å². The van der Waals surface area contributed by atoms with Gasteiger partial charge in [0.05, 0.1) is 16.3 Å². The van der Waals surface area contributed by atoms with Crippen LogP contribution in [0.5, 0.6) is 0 Å². The zero-order valence-corrected chi connectivity index (χ0v) is 12.0. The van der Waals surface area contributed by atoms with Crippen molar-refractivity contribution in [2.24, 2.45) is 0 Å². The molecule has 1 N–H and O–H groups in total. The smallest absolute Gasteiger partial charge is 0.337 e. The molecule has 1 aromatic heterocycles. The monoisotopic (exact) mass is 312 g/mol. The molecule has 0 aliphatic rings. The number of carbonyl (C=O) groups is 1. The molecule has 0 fully saturated rings. The molecule has 2 aromatic rings. The van der Waals surface area contributed by atoms with Crippen molar-refractivity contribution in [3.8, 4) is 0 Å². The molecule has 0 bridgehead atoms. The standard InChI is InChI=1S/C13H10ClFN2O2S/c1-2-10-11(15)12(17-6-16-10)20-7-3-4-9(14)8(5-7)13(18)19/h3-6H,2H2,1H3,(H,18,19). The van der Waals surface area contributed by atoms with Crippen molar-refractivity contribution in [1.82, 2.24) is 9.97 Å². The minimum Gasteiger partial charge on any atom is -0.478 e. The molecule has 0 amide bonds. The Morgan fingerprint density at radius 3 is 2.85 bits per heavy atom. The molecule has 1 aromatic carbocycles. The highest BCUT2D eigenvalue weighted by molar-refractivity contribution is 7.99. The summed E-state index contributed by atoms with van der Waals surface area (Å²) in [4.78, 5) is 19.3. The molecule has 20 heavy (non-hydrogen) atoms. The van der Waals surface area contributed by atoms with E-state index in [0.29, 0.717) is 17.0 Å². The number of nitrogens with zero attached hydrogens (tertiary/aromatic N) is 2. The minimum atomic E-state index is -1.13. The van der Waals surface area contributed by atoms with Gasteiger partial charge < -0.3 is 5.11 Å². The Balaban J connectivity index is 2.35. The molecule has 0 saturated carbocycles. The highest BCUT2D eigenvalue weighted by Crippen LogP contribution is 2.31. The van der Waals surface area contributed by atoms with Gasteiger partial charge in [0.25, 0.3) is 0 Å². The van der Waals surface area contributed by atoms with Gasteiger partial charge in [-0.1, -0.05) is 30.3 Å². The summed E-state index contributed by atoms with van der Waals surface area (Å²) < 4.78 is 14.0. The molecule has 0 radical (unpaired) electrons. The average molecular weight is 313 g/mol. The van der Waals surface area contributed by atoms with Crippen LogP contribution in [0.2, 0.25) is 5.02 Å². The van der Waals surface area contributed by atoms with E-state index in [1.54, 1.807) is 13.0 Å². The molecule has 0 aliphatic carbocycles. The number of rotatable bonds is 4. The van der Waals surface area contributed by atoms with E-state index in [1.807, 2.05) is 0 Å². The van der Waals surface area contributed by atoms with Gasteiger partial charge in [-0.05, 0) is 24.6 Å². The number of carboxylic acid groups (broad SMARTS) is 1. The predicted octanol–water partition coefficient (Wildman–Crippen LogP) is 3.68. The third kappa shape index (κ3) is 3.08. The van der Waals surface area contributed by atoms with Gasteiger partial charge in [-0.15, -0.1) is 0 Å². The summed E-state index contributed by atoms with van der Waals surface area (Å²) in [6.07, 6.45) is 1.75. The van der Waals surface area contributed by atoms with E-state index in [4.69, 9.17) is 16.7 Å². The van der Waals surface area contributed by atoms with Crippen molar-refractivity contribution in [1.29, 1.82) is 0 Å². The summed E-state index contributed by atoms with van der Waals surface area (Å²) in [7, 11) is 0. The third-order valence-corrected chi connectivity index (χ3v) is 3.84. The summed E-state index contributed by atoms with van der Waals surface area (Å²) in [6.45, 7) is 1.80. The summed E-state index contributed by atoms with van der Waals surface area (Å²) in [5.41, 5.74) is 0.303. The molecule has 0 unspecified atom stereocenters. The SMILES string of the molecule is CCc1ncnc(Sc2ccc(Cl)c(C(=O)O)c2)c1F. The maximum absolute atomic E-state index is 14.0. The molecule has 0 aliphatic heterocycles. The van der Waals surface area contributed by atoms with Crippen LogP contribution in [0.15, 0.2) is 34.4 Å². The van der Waals surface area contributed by atoms with Crippen molar-refractivity contribution in [2.75, 3.05) is 0 Å². The zero-order valence-electron chi connectivity index (χ0n) is 10.4. The second-order valence-electron chi connectivity index (χ2n) is 3.84. The Kier molecular flexibility index (Phi) is 4.57. The van der Waals surface area contributed by atoms with E-state index in [1.165, 1.54) is 18.5 Å². The maximum Gasteiger partial charge on any atom is 0.337 e. The average Bonchev–Trinajstić information content (AvgIpc) is 2.43. The lowest BCUT2D eigenvalue weighted by Gasteiger charge is -2.06. The van der Waals surface area contributed by atoms with Crippen molar-refractivity contribution in [3.05, 3.63) is 46.6 Å². The van der Waals surface area contributed by atoms with Crippen LogP contribution in [0, 0.1) is 5.82 Å². The van der Waals surface area contributed by atoms with Crippen LogP contribution in [0.3, 0.4) is 0 Å². The molecule has 0 atom stereocenters. The lowest BCUT2D eigenvalue weighted by Crippen LogP contribution is -1.99. The first-order valence-electron chi connectivity index (χ1n) is 5.73. The van der Waals surface area contributed by atoms with E-state index in [2.05, 4.69) is 9.97 Å². The molecule has 4 nitrogen and oxygen atoms in total. The highest BCUT2D eigenvalue weighted by Gasteiger charge is 2.14. The molecule has 2 rings (SSSR count). The molecule has 1 heterocycles. The first kappa shape index (κ1) is 14.7. The fraction of sp³-hybridized carbons (Fsp3) is 0.154. The van der Waals surface area contributed by atoms with Crippen LogP contribution in [0.25, 0.3) is 0 Å². The number of benzene rings is 1. The van der Waals surface area contributed by atoms with E-state index < -0.39 is 11.8 Å². The normalized spacial score (nSPS) is 10.6. The van der Waals surface area contributed by atoms with Crippen LogP contribution in [0.1, 0.15) is 23.0 Å². The van der Waals surface area contributed by atoms with Gasteiger partial charge in [-0.3, -0.25) is 0 Å². The largest absolute Gasteiger partial charge is 0.478 e. The first-order valence-corrected chi connectivity index (χ1v) is 6.92. The number of aryl methyl sites for hydroxylation is 1. The molecule has 0 spiro atoms. The van der Waals surface area contributed by atoms with Crippen LogP contribution < -0.4 is 0 Å². The Labute approximate surface area is 124 Å². The number of hydrogen-bond donors (Lipinski definition) is 1. The van der Waals surface area contributed by atoms with Gasteiger partial charge in [-0.25, -0.2) is 19.2 Å². The third-order valence-electron chi connectivity index (χ3n) is 2.55. The van der Waals surface area contributed by atoms with E-state index in [9.17, 15) is 9.18 Å². The van der Waals surface area contributed by atoms with Gasteiger partial charge in [0, 0.05) is 4.90 Å². The molecular weight excluding hydrogens is 303 g/mol. The number of aromatic carboxylic acids is 1. The second kappa shape index (κ2) is 6.19.